The standard InChI is InChI=1S/C14H20ClN3O/c15-13-4-1-3-12(11-13)14(19)17-5-2-8-18-9-6-16-7-10-18/h1,3-4,11,16H,2,5-10H2,(H,17,19). The molecule has 1 fully saturated rings. The van der Waals surface area contributed by atoms with Gasteiger partial charge in [0.25, 0.3) is 5.91 Å². The normalized spacial score (nSPS) is 16.3. The van der Waals surface area contributed by atoms with Crippen molar-refractivity contribution in [1.29, 1.82) is 0 Å². The van der Waals surface area contributed by atoms with Gasteiger partial charge in [0.05, 0.1) is 0 Å². The number of rotatable bonds is 5. The lowest BCUT2D eigenvalue weighted by molar-refractivity contribution is 0.0951. The molecule has 0 spiro atoms. The molecule has 2 N–H and O–H groups in total. The van der Waals surface area contributed by atoms with Crippen LogP contribution in [0.5, 0.6) is 0 Å². The molecule has 1 aromatic rings. The highest BCUT2D eigenvalue weighted by molar-refractivity contribution is 6.30. The third-order valence-electron chi connectivity index (χ3n) is 3.23. The maximum absolute atomic E-state index is 11.9. The molecule has 0 aromatic heterocycles. The van der Waals surface area contributed by atoms with Crippen LogP contribution in [0.1, 0.15) is 16.8 Å². The maximum atomic E-state index is 11.9. The quantitative estimate of drug-likeness (QED) is 0.801. The van der Waals surface area contributed by atoms with E-state index in [4.69, 9.17) is 11.6 Å². The minimum Gasteiger partial charge on any atom is -0.352 e. The Morgan fingerprint density at radius 3 is 2.89 bits per heavy atom. The first-order chi connectivity index (χ1) is 9.25. The minimum atomic E-state index is -0.0530. The second-order valence-electron chi connectivity index (χ2n) is 4.71. The first-order valence-electron chi connectivity index (χ1n) is 6.72. The van der Waals surface area contributed by atoms with Gasteiger partial charge in [-0.2, -0.15) is 0 Å². The van der Waals surface area contributed by atoms with Gasteiger partial charge in [-0.15, -0.1) is 0 Å². The highest BCUT2D eigenvalue weighted by atomic mass is 35.5. The molecule has 1 aliphatic heterocycles. The first kappa shape index (κ1) is 14.3. The van der Waals surface area contributed by atoms with E-state index >= 15 is 0 Å². The molecule has 2 rings (SSSR count). The van der Waals surface area contributed by atoms with Crippen LogP contribution in [0.3, 0.4) is 0 Å². The van der Waals surface area contributed by atoms with Crippen LogP contribution in [0, 0.1) is 0 Å². The number of benzene rings is 1. The van der Waals surface area contributed by atoms with E-state index in [0.29, 0.717) is 17.1 Å². The van der Waals surface area contributed by atoms with Crippen molar-refractivity contribution in [2.24, 2.45) is 0 Å². The van der Waals surface area contributed by atoms with E-state index < -0.39 is 0 Å². The average Bonchev–Trinajstić information content (AvgIpc) is 2.44. The summed E-state index contributed by atoms with van der Waals surface area (Å²) in [6.07, 6.45) is 0.978. The van der Waals surface area contributed by atoms with Gasteiger partial charge in [0.2, 0.25) is 0 Å². The van der Waals surface area contributed by atoms with Gasteiger partial charge in [0.1, 0.15) is 0 Å². The third kappa shape index (κ3) is 4.82. The van der Waals surface area contributed by atoms with Crippen LogP contribution in [0.25, 0.3) is 0 Å². The summed E-state index contributed by atoms with van der Waals surface area (Å²) in [6, 6.07) is 7.02. The number of carbonyl (C=O) groups is 1. The molecule has 104 valence electrons. The minimum absolute atomic E-state index is 0.0530. The van der Waals surface area contributed by atoms with Crippen molar-refractivity contribution in [3.63, 3.8) is 0 Å². The van der Waals surface area contributed by atoms with Gasteiger partial charge in [0, 0.05) is 43.3 Å². The Morgan fingerprint density at radius 2 is 2.16 bits per heavy atom. The number of nitrogens with zero attached hydrogens (tertiary/aromatic N) is 1. The van der Waals surface area contributed by atoms with Gasteiger partial charge >= 0.3 is 0 Å². The topological polar surface area (TPSA) is 44.4 Å². The summed E-state index contributed by atoms with van der Waals surface area (Å²) in [5, 5.41) is 6.84. The Labute approximate surface area is 119 Å². The predicted octanol–water partition coefficient (Wildman–Crippen LogP) is 1.37. The molecule has 19 heavy (non-hydrogen) atoms. The van der Waals surface area contributed by atoms with Gasteiger partial charge in [-0.3, -0.25) is 4.79 Å². The average molecular weight is 282 g/mol. The number of nitrogens with one attached hydrogen (secondary N) is 2. The molecule has 0 unspecified atom stereocenters. The Morgan fingerprint density at radius 1 is 1.37 bits per heavy atom. The van der Waals surface area contributed by atoms with Gasteiger partial charge in [0.15, 0.2) is 0 Å². The lowest BCUT2D eigenvalue weighted by Gasteiger charge is -2.27. The van der Waals surface area contributed by atoms with Crippen molar-refractivity contribution >= 4 is 17.5 Å². The number of halogens is 1. The molecule has 0 atom stereocenters. The first-order valence-corrected chi connectivity index (χ1v) is 7.10. The van der Waals surface area contributed by atoms with Gasteiger partial charge < -0.3 is 15.5 Å². The van der Waals surface area contributed by atoms with E-state index in [1.165, 1.54) is 0 Å². The molecule has 0 aliphatic carbocycles. The molecular weight excluding hydrogens is 262 g/mol. The molecule has 4 nitrogen and oxygen atoms in total. The van der Waals surface area contributed by atoms with Crippen LogP contribution in [-0.2, 0) is 0 Å². The van der Waals surface area contributed by atoms with Crippen molar-refractivity contribution in [2.45, 2.75) is 6.42 Å². The van der Waals surface area contributed by atoms with Crippen molar-refractivity contribution in [3.8, 4) is 0 Å². The summed E-state index contributed by atoms with van der Waals surface area (Å²) >= 11 is 5.86. The SMILES string of the molecule is O=C(NCCCN1CCNCC1)c1cccc(Cl)c1. The molecule has 1 saturated heterocycles. The zero-order valence-corrected chi connectivity index (χ0v) is 11.7. The van der Waals surface area contributed by atoms with Crippen LogP contribution in [-0.4, -0.2) is 50.1 Å². The van der Waals surface area contributed by atoms with Crippen LogP contribution >= 0.6 is 11.6 Å². The lowest BCUT2D eigenvalue weighted by Crippen LogP contribution is -2.44. The van der Waals surface area contributed by atoms with E-state index in [1.54, 1.807) is 24.3 Å². The Bertz CT molecular complexity index is 419. The van der Waals surface area contributed by atoms with Crippen molar-refractivity contribution < 1.29 is 4.79 Å². The fraction of sp³-hybridized carbons (Fsp3) is 0.500. The van der Waals surface area contributed by atoms with E-state index in [1.807, 2.05) is 0 Å². The fourth-order valence-electron chi connectivity index (χ4n) is 2.17. The van der Waals surface area contributed by atoms with E-state index in [9.17, 15) is 4.79 Å². The van der Waals surface area contributed by atoms with Gasteiger partial charge in [-0.1, -0.05) is 17.7 Å². The highest BCUT2D eigenvalue weighted by Crippen LogP contribution is 2.10. The Hall–Kier alpha value is -1.10. The number of carbonyl (C=O) groups excluding carboxylic acids is 1. The highest BCUT2D eigenvalue weighted by Gasteiger charge is 2.09. The number of amides is 1. The molecule has 1 aromatic carbocycles. The maximum Gasteiger partial charge on any atom is 0.251 e. The summed E-state index contributed by atoms with van der Waals surface area (Å²) in [5.41, 5.74) is 0.620. The van der Waals surface area contributed by atoms with Crippen LogP contribution < -0.4 is 10.6 Å². The zero-order valence-electron chi connectivity index (χ0n) is 11.0. The van der Waals surface area contributed by atoms with Gasteiger partial charge in [-0.25, -0.2) is 0 Å². The molecule has 0 radical (unpaired) electrons. The summed E-state index contributed by atoms with van der Waals surface area (Å²) < 4.78 is 0. The summed E-state index contributed by atoms with van der Waals surface area (Å²) in [4.78, 5) is 14.3. The molecular formula is C14H20ClN3O. The van der Waals surface area contributed by atoms with Crippen molar-refractivity contribution in [2.75, 3.05) is 39.3 Å². The van der Waals surface area contributed by atoms with Crippen LogP contribution in [0.15, 0.2) is 24.3 Å². The molecule has 5 heteroatoms. The van der Waals surface area contributed by atoms with Crippen molar-refractivity contribution in [3.05, 3.63) is 34.9 Å². The largest absolute Gasteiger partial charge is 0.352 e. The Balaban J connectivity index is 1.66. The molecule has 1 amide bonds. The number of hydrogen-bond donors (Lipinski definition) is 2. The van der Waals surface area contributed by atoms with Crippen LogP contribution in [0.4, 0.5) is 0 Å². The molecule has 0 bridgehead atoms. The van der Waals surface area contributed by atoms with Gasteiger partial charge in [-0.05, 0) is 31.2 Å². The Kier molecular flexibility index (Phi) is 5.63. The van der Waals surface area contributed by atoms with Crippen LogP contribution in [0.2, 0.25) is 5.02 Å². The second kappa shape index (κ2) is 7.48. The lowest BCUT2D eigenvalue weighted by atomic mass is 10.2. The summed E-state index contributed by atoms with van der Waals surface area (Å²) in [7, 11) is 0. The van der Waals surface area contributed by atoms with E-state index in [0.717, 1.165) is 39.1 Å². The molecule has 1 heterocycles. The predicted molar refractivity (Wildman–Crippen MR) is 77.7 cm³/mol. The third-order valence-corrected chi connectivity index (χ3v) is 3.47. The van der Waals surface area contributed by atoms with E-state index in [2.05, 4.69) is 15.5 Å². The monoisotopic (exact) mass is 281 g/mol. The smallest absolute Gasteiger partial charge is 0.251 e. The fourth-order valence-corrected chi connectivity index (χ4v) is 2.36. The van der Waals surface area contributed by atoms with Crippen molar-refractivity contribution in [1.82, 2.24) is 15.5 Å². The van der Waals surface area contributed by atoms with E-state index in [-0.39, 0.29) is 5.91 Å². The number of piperazine rings is 1. The number of hydrogen-bond acceptors (Lipinski definition) is 3. The summed E-state index contributed by atoms with van der Waals surface area (Å²) in [5.74, 6) is -0.0530. The molecule has 1 aliphatic rings. The summed E-state index contributed by atoms with van der Waals surface area (Å²) in [6.45, 7) is 6.07. The second-order valence-corrected chi connectivity index (χ2v) is 5.15. The zero-order chi connectivity index (χ0) is 13.5. The molecule has 0 saturated carbocycles.